The average Bonchev–Trinajstić information content (AvgIpc) is 3.00. The Kier molecular flexibility index (Phi) is 7.36. The zero-order valence-corrected chi connectivity index (χ0v) is 19.1. The fourth-order valence-corrected chi connectivity index (χ4v) is 4.11. The van der Waals surface area contributed by atoms with E-state index in [4.69, 9.17) is 27.9 Å². The number of likely N-dealkylation sites (N-methyl/N-ethyl adjacent to an activating group) is 1. The molecule has 10 heteroatoms. The maximum Gasteiger partial charge on any atom is 0.325 e. The second-order valence-corrected chi connectivity index (χ2v) is 8.21. The highest BCUT2D eigenvalue weighted by molar-refractivity contribution is 6.44. The van der Waals surface area contributed by atoms with Crippen LogP contribution in [0.25, 0.3) is 6.08 Å². The van der Waals surface area contributed by atoms with E-state index in [2.05, 4.69) is 0 Å². The summed E-state index contributed by atoms with van der Waals surface area (Å²) in [6.45, 7) is 1.50. The number of nitrogens with zero attached hydrogens (tertiary/aromatic N) is 2. The quantitative estimate of drug-likeness (QED) is 0.349. The molecule has 1 heterocycles. The molecule has 1 aliphatic heterocycles. The van der Waals surface area contributed by atoms with Crippen LogP contribution in [0.2, 0.25) is 5.02 Å². The summed E-state index contributed by atoms with van der Waals surface area (Å²) in [6, 6.07) is 2.16. The summed E-state index contributed by atoms with van der Waals surface area (Å²) in [5.74, 6) is -3.23. The third-order valence-corrected chi connectivity index (χ3v) is 5.80. The molecule has 0 unspecified atom stereocenters. The van der Waals surface area contributed by atoms with Crippen molar-refractivity contribution in [3.8, 4) is 0 Å². The minimum absolute atomic E-state index is 0.0675. The van der Waals surface area contributed by atoms with Crippen molar-refractivity contribution in [2.24, 2.45) is 0 Å². The summed E-state index contributed by atoms with van der Waals surface area (Å²) < 4.78 is 19.5. The van der Waals surface area contributed by atoms with Crippen LogP contribution in [-0.2, 0) is 23.9 Å². The Bertz CT molecular complexity index is 1040. The second-order valence-electron chi connectivity index (χ2n) is 7.39. The number of halogens is 3. The van der Waals surface area contributed by atoms with Gasteiger partial charge in [0.25, 0.3) is 17.7 Å². The Morgan fingerprint density at radius 1 is 1.19 bits per heavy atom. The lowest BCUT2D eigenvalue weighted by atomic mass is 9.93. The molecule has 0 bridgehead atoms. The number of ether oxygens (including phenoxy) is 1. The minimum atomic E-state index is -0.851. The standard InChI is InChI=1S/C22H21Cl2FN2O5/c1-3-32-19(28)11-26(2)22(31)16(24)8-12-9-18(17(25)10-15(12)23)27-20(29)13-6-4-5-7-14(13)21(27)30/h8-10H,3-7,11H2,1-2H3. The lowest BCUT2D eigenvalue weighted by Gasteiger charge is -2.18. The van der Waals surface area contributed by atoms with E-state index in [1.807, 2.05) is 0 Å². The number of hydrogen-bond donors (Lipinski definition) is 0. The van der Waals surface area contributed by atoms with Gasteiger partial charge in [-0.15, -0.1) is 0 Å². The molecule has 0 saturated heterocycles. The smallest absolute Gasteiger partial charge is 0.325 e. The van der Waals surface area contributed by atoms with Gasteiger partial charge in [0.15, 0.2) is 0 Å². The fourth-order valence-electron chi connectivity index (χ4n) is 3.65. The first kappa shape index (κ1) is 23.9. The van der Waals surface area contributed by atoms with E-state index in [0.29, 0.717) is 24.0 Å². The van der Waals surface area contributed by atoms with E-state index in [1.54, 1.807) is 6.92 Å². The topological polar surface area (TPSA) is 84.0 Å². The number of amides is 3. The summed E-state index contributed by atoms with van der Waals surface area (Å²) >= 11 is 12.2. The van der Waals surface area contributed by atoms with Gasteiger partial charge >= 0.3 is 5.97 Å². The van der Waals surface area contributed by atoms with Crippen molar-refractivity contribution in [3.05, 3.63) is 44.7 Å². The lowest BCUT2D eigenvalue weighted by molar-refractivity contribution is -0.147. The van der Waals surface area contributed by atoms with Crippen LogP contribution in [0.15, 0.2) is 28.3 Å². The highest BCUT2D eigenvalue weighted by Gasteiger charge is 2.41. The van der Waals surface area contributed by atoms with Crippen molar-refractivity contribution in [1.82, 2.24) is 4.90 Å². The summed E-state index contributed by atoms with van der Waals surface area (Å²) in [5, 5.41) is -0.366. The van der Waals surface area contributed by atoms with Gasteiger partial charge in [0.1, 0.15) is 17.4 Å². The van der Waals surface area contributed by atoms with Crippen LogP contribution in [0, 0.1) is 5.82 Å². The maximum absolute atomic E-state index is 14.7. The van der Waals surface area contributed by atoms with Crippen LogP contribution in [0.5, 0.6) is 0 Å². The maximum atomic E-state index is 14.7. The molecule has 1 aromatic carbocycles. The van der Waals surface area contributed by atoms with E-state index in [0.717, 1.165) is 28.7 Å². The number of carbonyl (C=O) groups excluding carboxylic acids is 4. The van der Waals surface area contributed by atoms with Crippen LogP contribution < -0.4 is 4.90 Å². The highest BCUT2D eigenvalue weighted by Crippen LogP contribution is 2.38. The van der Waals surface area contributed by atoms with Gasteiger partial charge in [0.2, 0.25) is 0 Å². The van der Waals surface area contributed by atoms with Crippen LogP contribution in [0.3, 0.4) is 0 Å². The van der Waals surface area contributed by atoms with Crippen LogP contribution in [-0.4, -0.2) is 48.8 Å². The van der Waals surface area contributed by atoms with Crippen molar-refractivity contribution in [2.75, 3.05) is 25.1 Å². The molecule has 170 valence electrons. The second kappa shape index (κ2) is 9.83. The van der Waals surface area contributed by atoms with Gasteiger partial charge in [0, 0.05) is 18.2 Å². The molecule has 1 aromatic rings. The molecular formula is C22H21Cl2FN2O5. The zero-order valence-electron chi connectivity index (χ0n) is 17.5. The first-order valence-corrected chi connectivity index (χ1v) is 10.8. The molecule has 32 heavy (non-hydrogen) atoms. The molecule has 3 rings (SSSR count). The molecule has 7 nitrogen and oxygen atoms in total. The molecule has 0 spiro atoms. The summed E-state index contributed by atoms with van der Waals surface area (Å²) in [5.41, 5.74) is 0.709. The predicted molar refractivity (Wildman–Crippen MR) is 117 cm³/mol. The Balaban J connectivity index is 1.89. The van der Waals surface area contributed by atoms with Gasteiger partial charge in [-0.3, -0.25) is 19.2 Å². The predicted octanol–water partition coefficient (Wildman–Crippen LogP) is 3.82. The summed E-state index contributed by atoms with van der Waals surface area (Å²) in [7, 11) is 1.37. The Morgan fingerprint density at radius 2 is 1.78 bits per heavy atom. The van der Waals surface area contributed by atoms with E-state index in [9.17, 15) is 23.6 Å². The highest BCUT2D eigenvalue weighted by atomic mass is 35.5. The van der Waals surface area contributed by atoms with E-state index in [-0.39, 0.29) is 34.5 Å². The van der Waals surface area contributed by atoms with E-state index in [1.165, 1.54) is 19.2 Å². The molecule has 2 aliphatic rings. The number of benzene rings is 1. The van der Waals surface area contributed by atoms with Gasteiger partial charge in [-0.25, -0.2) is 9.29 Å². The number of carbonyl (C=O) groups is 4. The first-order chi connectivity index (χ1) is 15.1. The molecule has 1 aliphatic carbocycles. The third-order valence-electron chi connectivity index (χ3n) is 5.20. The van der Waals surface area contributed by atoms with Crippen LogP contribution in [0.1, 0.15) is 38.2 Å². The normalized spacial score (nSPS) is 16.4. The number of hydrogen-bond acceptors (Lipinski definition) is 5. The van der Waals surface area contributed by atoms with Crippen molar-refractivity contribution >= 4 is 58.7 Å². The summed E-state index contributed by atoms with van der Waals surface area (Å²) in [6.07, 6.45) is 3.73. The minimum Gasteiger partial charge on any atom is -0.465 e. The lowest BCUT2D eigenvalue weighted by Crippen LogP contribution is -2.33. The number of esters is 1. The SMILES string of the molecule is CCOC(=O)CN(C)C(=O)C(Cl)=Cc1cc(N2C(=O)C3=C(CCCC3)C2=O)c(F)cc1Cl. The Labute approximate surface area is 194 Å². The number of rotatable bonds is 6. The van der Waals surface area contributed by atoms with Gasteiger partial charge in [0.05, 0.1) is 17.3 Å². The van der Waals surface area contributed by atoms with Crippen molar-refractivity contribution in [3.63, 3.8) is 0 Å². The van der Waals surface area contributed by atoms with Gasteiger partial charge in [-0.1, -0.05) is 23.2 Å². The molecule has 0 saturated carbocycles. The van der Waals surface area contributed by atoms with Gasteiger partial charge in [-0.05, 0) is 56.4 Å². The first-order valence-electron chi connectivity index (χ1n) is 10.0. The Hall–Kier alpha value is -2.71. The monoisotopic (exact) mass is 482 g/mol. The van der Waals surface area contributed by atoms with E-state index >= 15 is 0 Å². The molecule has 0 radical (unpaired) electrons. The zero-order chi connectivity index (χ0) is 23.6. The van der Waals surface area contributed by atoms with Gasteiger partial charge < -0.3 is 9.64 Å². The molecule has 0 atom stereocenters. The average molecular weight is 483 g/mol. The van der Waals surface area contributed by atoms with Crippen LogP contribution in [0.4, 0.5) is 10.1 Å². The molecule has 0 fully saturated rings. The Morgan fingerprint density at radius 3 is 2.34 bits per heavy atom. The van der Waals surface area contributed by atoms with Crippen molar-refractivity contribution in [2.45, 2.75) is 32.6 Å². The largest absolute Gasteiger partial charge is 0.465 e. The molecule has 0 aromatic heterocycles. The van der Waals surface area contributed by atoms with Gasteiger partial charge in [-0.2, -0.15) is 0 Å². The molecular weight excluding hydrogens is 462 g/mol. The van der Waals surface area contributed by atoms with Crippen molar-refractivity contribution < 1.29 is 28.3 Å². The van der Waals surface area contributed by atoms with Crippen molar-refractivity contribution in [1.29, 1.82) is 0 Å². The number of imide groups is 1. The van der Waals surface area contributed by atoms with E-state index < -0.39 is 29.5 Å². The van der Waals surface area contributed by atoms with Crippen LogP contribution >= 0.6 is 23.2 Å². The molecule has 0 N–H and O–H groups in total. The summed E-state index contributed by atoms with van der Waals surface area (Å²) in [4.78, 5) is 51.4. The number of anilines is 1. The fraction of sp³-hybridized carbons (Fsp3) is 0.364. The molecule has 3 amide bonds. The third kappa shape index (κ3) is 4.71.